The number of nitrogens with two attached hydrogens (primary N) is 1. The molecule has 248 valence electrons. The van der Waals surface area contributed by atoms with E-state index in [1.54, 1.807) is 41.4 Å². The van der Waals surface area contributed by atoms with E-state index in [0.29, 0.717) is 30.0 Å². The molecular weight excluding hydrogens is 629 g/mol. The van der Waals surface area contributed by atoms with E-state index in [9.17, 15) is 27.9 Å². The number of hydrogen-bond donors (Lipinski definition) is 3. The largest absolute Gasteiger partial charge is 0.471 e. The Hall–Kier alpha value is -3.54. The van der Waals surface area contributed by atoms with E-state index in [1.165, 1.54) is 30.3 Å². The molecule has 1 aliphatic rings. The molecule has 46 heavy (non-hydrogen) atoms. The number of nitrogens with zero attached hydrogens (tertiary/aromatic N) is 1. The second-order valence-corrected chi connectivity index (χ2v) is 12.2. The number of benzene rings is 3. The Morgan fingerprint density at radius 2 is 1.80 bits per heavy atom. The van der Waals surface area contributed by atoms with Crippen molar-refractivity contribution in [2.75, 3.05) is 26.2 Å². The number of carbonyl (C=O) groups is 2. The second kappa shape index (κ2) is 14.9. The van der Waals surface area contributed by atoms with Gasteiger partial charge in [-0.05, 0) is 80.6 Å². The van der Waals surface area contributed by atoms with Gasteiger partial charge in [-0.25, -0.2) is 8.78 Å². The molecule has 0 spiro atoms. The highest BCUT2D eigenvalue weighted by Crippen LogP contribution is 2.45. The van der Waals surface area contributed by atoms with Crippen molar-refractivity contribution in [1.29, 1.82) is 0 Å². The number of amides is 2. The summed E-state index contributed by atoms with van der Waals surface area (Å²) in [6.07, 6.45) is -4.41. The average molecular weight is 666 g/mol. The van der Waals surface area contributed by atoms with Crippen LogP contribution in [-0.2, 0) is 15.2 Å². The van der Waals surface area contributed by atoms with Crippen molar-refractivity contribution in [2.24, 2.45) is 11.7 Å². The molecule has 0 bridgehead atoms. The minimum absolute atomic E-state index is 0.0550. The third kappa shape index (κ3) is 8.24. The minimum Gasteiger partial charge on any atom is -0.385 e. The molecule has 1 saturated heterocycles. The third-order valence-corrected chi connectivity index (χ3v) is 8.90. The highest BCUT2D eigenvalue weighted by atomic mass is 35.5. The molecule has 3 atom stereocenters. The summed E-state index contributed by atoms with van der Waals surface area (Å²) in [4.78, 5) is 26.6. The van der Waals surface area contributed by atoms with Crippen LogP contribution in [0.3, 0.4) is 0 Å². The van der Waals surface area contributed by atoms with E-state index in [2.05, 4.69) is 0 Å². The summed E-state index contributed by atoms with van der Waals surface area (Å²) in [6.45, 7) is 1.95. The van der Waals surface area contributed by atoms with Crippen LogP contribution in [0.25, 0.3) is 11.1 Å². The zero-order chi connectivity index (χ0) is 33.6. The van der Waals surface area contributed by atoms with Crippen LogP contribution in [0.4, 0.5) is 22.0 Å². The van der Waals surface area contributed by atoms with Crippen molar-refractivity contribution in [3.63, 3.8) is 0 Å². The number of halogens is 6. The molecule has 0 radical (unpaired) electrons. The van der Waals surface area contributed by atoms with Crippen molar-refractivity contribution in [3.8, 4) is 11.1 Å². The third-order valence-electron chi connectivity index (χ3n) is 8.65. The fourth-order valence-corrected chi connectivity index (χ4v) is 6.34. The second-order valence-electron chi connectivity index (χ2n) is 11.8. The fourth-order valence-electron chi connectivity index (χ4n) is 6.21. The van der Waals surface area contributed by atoms with Gasteiger partial charge in [0, 0.05) is 54.0 Å². The van der Waals surface area contributed by atoms with E-state index in [4.69, 9.17) is 17.3 Å². The molecule has 3 unspecified atom stereocenters. The summed E-state index contributed by atoms with van der Waals surface area (Å²) in [7, 11) is 0. The monoisotopic (exact) mass is 665 g/mol. The van der Waals surface area contributed by atoms with Gasteiger partial charge >= 0.3 is 12.1 Å². The van der Waals surface area contributed by atoms with E-state index in [0.717, 1.165) is 11.6 Å². The van der Waals surface area contributed by atoms with E-state index < -0.39 is 41.8 Å². The number of hydrogen-bond acceptors (Lipinski definition) is 4. The Morgan fingerprint density at radius 3 is 2.48 bits per heavy atom. The van der Waals surface area contributed by atoms with Gasteiger partial charge in [0.15, 0.2) is 0 Å². The van der Waals surface area contributed by atoms with Gasteiger partial charge in [0.1, 0.15) is 11.6 Å². The molecular formula is C34H37ClF5N3O3. The number of aryl methyl sites for hydroxylation is 1. The summed E-state index contributed by atoms with van der Waals surface area (Å²) >= 11 is 6.01. The van der Waals surface area contributed by atoms with Gasteiger partial charge in [0.25, 0.3) is 0 Å². The van der Waals surface area contributed by atoms with Gasteiger partial charge in [0.2, 0.25) is 5.91 Å². The van der Waals surface area contributed by atoms with Crippen molar-refractivity contribution >= 4 is 23.4 Å². The fraction of sp³-hybridized carbons (Fsp3) is 0.412. The predicted octanol–water partition coefficient (Wildman–Crippen LogP) is 6.61. The highest BCUT2D eigenvalue weighted by molar-refractivity contribution is 6.30. The summed E-state index contributed by atoms with van der Waals surface area (Å²) in [5.41, 5.74) is 5.41. The maximum Gasteiger partial charge on any atom is 0.471 e. The smallest absolute Gasteiger partial charge is 0.385 e. The normalized spacial score (nSPS) is 17.3. The first-order chi connectivity index (χ1) is 21.7. The maximum atomic E-state index is 15.6. The molecule has 1 aliphatic heterocycles. The molecule has 4 N–H and O–H groups in total. The molecule has 3 aromatic rings. The van der Waals surface area contributed by atoms with Crippen molar-refractivity contribution < 1.29 is 36.6 Å². The molecule has 0 saturated carbocycles. The first-order valence-electron chi connectivity index (χ1n) is 15.1. The number of nitrogens with one attached hydrogen (secondary N) is 1. The van der Waals surface area contributed by atoms with Gasteiger partial charge in [-0.3, -0.25) is 9.59 Å². The first kappa shape index (κ1) is 35.3. The predicted molar refractivity (Wildman–Crippen MR) is 166 cm³/mol. The van der Waals surface area contributed by atoms with Crippen LogP contribution >= 0.6 is 11.6 Å². The number of aliphatic hydroxyl groups is 1. The molecule has 2 amide bonds. The molecule has 1 heterocycles. The zero-order valence-corrected chi connectivity index (χ0v) is 26.1. The van der Waals surface area contributed by atoms with Gasteiger partial charge in [-0.1, -0.05) is 47.5 Å². The van der Waals surface area contributed by atoms with Crippen molar-refractivity contribution in [2.45, 2.75) is 56.7 Å². The standard InChI is InChI=1S/C34H37ClF5N3O3/c1-21-8-13-28(36)26(17-21)31-27(6-2-7-29(31)37)33(46,14-4-15-42-32(45)34(38,39)40)24-5-3-16-43(20-24)30(44)18-23(19-41)22-9-11-25(35)12-10-22/h2,6-13,17,23-24,46H,3-5,14-16,18-20,41H2,1H3,(H,42,45). The molecule has 6 nitrogen and oxygen atoms in total. The average Bonchev–Trinajstić information content (AvgIpc) is 3.02. The Kier molecular flexibility index (Phi) is 11.5. The van der Waals surface area contributed by atoms with Crippen LogP contribution in [0.1, 0.15) is 54.7 Å². The van der Waals surface area contributed by atoms with Gasteiger partial charge in [0.05, 0.1) is 5.60 Å². The SMILES string of the molecule is Cc1ccc(F)c(-c2c(F)cccc2C(O)(CCCNC(=O)C(F)(F)F)C2CCCN(C(=O)CC(CN)c3ccc(Cl)cc3)C2)c1. The molecule has 0 aliphatic carbocycles. The van der Waals surface area contributed by atoms with E-state index in [1.807, 2.05) is 0 Å². The van der Waals surface area contributed by atoms with Crippen LogP contribution in [-0.4, -0.2) is 54.2 Å². The summed E-state index contributed by atoms with van der Waals surface area (Å²) < 4.78 is 69.1. The Balaban J connectivity index is 1.66. The lowest BCUT2D eigenvalue weighted by atomic mass is 9.72. The molecule has 1 fully saturated rings. The number of likely N-dealkylation sites (tertiary alicyclic amines) is 1. The van der Waals surface area contributed by atoms with Crippen LogP contribution in [0.15, 0.2) is 60.7 Å². The summed E-state index contributed by atoms with van der Waals surface area (Å²) in [5.74, 6) is -4.81. The van der Waals surface area contributed by atoms with Gasteiger partial charge in [-0.2, -0.15) is 13.2 Å². The van der Waals surface area contributed by atoms with Gasteiger partial charge in [-0.15, -0.1) is 0 Å². The number of rotatable bonds is 11. The summed E-state index contributed by atoms with van der Waals surface area (Å²) in [6, 6.07) is 15.2. The van der Waals surface area contributed by atoms with E-state index >= 15 is 8.78 Å². The van der Waals surface area contributed by atoms with Gasteiger partial charge < -0.3 is 21.1 Å². The Morgan fingerprint density at radius 1 is 1.09 bits per heavy atom. The minimum atomic E-state index is -5.08. The highest BCUT2D eigenvalue weighted by Gasteiger charge is 2.44. The van der Waals surface area contributed by atoms with Crippen LogP contribution < -0.4 is 11.1 Å². The number of carbonyl (C=O) groups excluding carboxylic acids is 2. The number of piperidine rings is 1. The van der Waals surface area contributed by atoms with Crippen molar-refractivity contribution in [1.82, 2.24) is 10.2 Å². The Bertz CT molecular complexity index is 1540. The first-order valence-corrected chi connectivity index (χ1v) is 15.5. The van der Waals surface area contributed by atoms with Crippen LogP contribution in [0, 0.1) is 24.5 Å². The lowest BCUT2D eigenvalue weighted by molar-refractivity contribution is -0.173. The zero-order valence-electron chi connectivity index (χ0n) is 25.3. The molecule has 0 aromatic heterocycles. The lowest BCUT2D eigenvalue weighted by Crippen LogP contribution is -2.49. The van der Waals surface area contributed by atoms with Crippen LogP contribution in [0.5, 0.6) is 0 Å². The maximum absolute atomic E-state index is 15.6. The summed E-state index contributed by atoms with van der Waals surface area (Å²) in [5, 5.41) is 14.8. The number of alkyl halides is 3. The quantitative estimate of drug-likeness (QED) is 0.159. The molecule has 12 heteroatoms. The van der Waals surface area contributed by atoms with Crippen molar-refractivity contribution in [3.05, 3.63) is 94.0 Å². The van der Waals surface area contributed by atoms with E-state index in [-0.39, 0.29) is 60.9 Å². The molecule has 4 rings (SSSR count). The topological polar surface area (TPSA) is 95.7 Å². The lowest BCUT2D eigenvalue weighted by Gasteiger charge is -2.44. The Labute approximate surface area is 269 Å². The van der Waals surface area contributed by atoms with Crippen LogP contribution in [0.2, 0.25) is 5.02 Å². The molecule has 3 aromatic carbocycles.